The van der Waals surface area contributed by atoms with Crippen LogP contribution < -0.4 is 9.47 Å². The third-order valence-electron chi connectivity index (χ3n) is 6.98. The molecule has 3 N–H and O–H groups in total. The van der Waals surface area contributed by atoms with Crippen LogP contribution >= 0.6 is 0 Å². The van der Waals surface area contributed by atoms with Gasteiger partial charge in [-0.3, -0.25) is 0 Å². The summed E-state index contributed by atoms with van der Waals surface area (Å²) in [6.45, 7) is 15.4. The lowest BCUT2D eigenvalue weighted by atomic mass is 9.94. The Labute approximate surface area is 270 Å². The SMILES string of the molecule is C=C(C)C(=O)OCC(O)COc1ccc(C)cc1Cc1cc(C)cc(Cc2cc(C)ccc2OCC(O)COC(=O)C(=C)C)c1O. The van der Waals surface area contributed by atoms with E-state index in [9.17, 15) is 24.9 Å². The number of phenols is 1. The summed E-state index contributed by atoms with van der Waals surface area (Å²) < 4.78 is 21.9. The van der Waals surface area contributed by atoms with E-state index in [1.165, 1.54) is 13.8 Å². The highest BCUT2D eigenvalue weighted by Gasteiger charge is 2.18. The Morgan fingerprint density at radius 1 is 0.630 bits per heavy atom. The van der Waals surface area contributed by atoms with Crippen molar-refractivity contribution in [1.82, 2.24) is 0 Å². The molecular weight excluding hydrogens is 588 g/mol. The predicted octanol–water partition coefficient (Wildman–Crippen LogP) is 5.22. The van der Waals surface area contributed by atoms with Crippen LogP contribution in [0.1, 0.15) is 52.8 Å². The summed E-state index contributed by atoms with van der Waals surface area (Å²) in [7, 11) is 0. The number of hydrogen-bond acceptors (Lipinski definition) is 9. The number of hydrogen-bond donors (Lipinski definition) is 3. The smallest absolute Gasteiger partial charge is 0.333 e. The fraction of sp³-hybridized carbons (Fsp3) is 0.351. The van der Waals surface area contributed by atoms with E-state index in [1.54, 1.807) is 0 Å². The van der Waals surface area contributed by atoms with Crippen LogP contribution in [0.5, 0.6) is 17.2 Å². The summed E-state index contributed by atoms with van der Waals surface area (Å²) in [5.74, 6) is 0.0677. The summed E-state index contributed by atoms with van der Waals surface area (Å²) in [6, 6.07) is 15.2. The Bertz CT molecular complexity index is 1460. The molecule has 3 aromatic rings. The topological polar surface area (TPSA) is 132 Å². The van der Waals surface area contributed by atoms with E-state index in [1.807, 2.05) is 69.3 Å². The van der Waals surface area contributed by atoms with Gasteiger partial charge in [-0.05, 0) is 69.0 Å². The Morgan fingerprint density at radius 3 is 1.37 bits per heavy atom. The minimum atomic E-state index is -1.03. The molecule has 0 aliphatic heterocycles. The number of aromatic hydroxyl groups is 1. The van der Waals surface area contributed by atoms with Gasteiger partial charge in [0.05, 0.1) is 0 Å². The molecule has 0 saturated carbocycles. The fourth-order valence-electron chi connectivity index (χ4n) is 4.65. The summed E-state index contributed by atoms with van der Waals surface area (Å²) in [5, 5.41) is 32.0. The molecular formula is C37H44O9. The maximum absolute atomic E-state index is 11.6. The Morgan fingerprint density at radius 2 is 1.00 bits per heavy atom. The molecule has 3 aromatic carbocycles. The van der Waals surface area contributed by atoms with Gasteiger partial charge in [0.2, 0.25) is 0 Å². The highest BCUT2D eigenvalue weighted by Crippen LogP contribution is 2.33. The van der Waals surface area contributed by atoms with Crippen molar-refractivity contribution in [2.45, 2.75) is 59.7 Å². The number of ether oxygens (including phenoxy) is 4. The molecule has 0 spiro atoms. The van der Waals surface area contributed by atoms with E-state index >= 15 is 0 Å². The van der Waals surface area contributed by atoms with Crippen LogP contribution in [-0.4, -0.2) is 65.9 Å². The van der Waals surface area contributed by atoms with Gasteiger partial charge in [-0.15, -0.1) is 0 Å². The molecule has 0 heterocycles. The van der Waals surface area contributed by atoms with Gasteiger partial charge in [0.15, 0.2) is 0 Å². The van der Waals surface area contributed by atoms with Crippen molar-refractivity contribution in [1.29, 1.82) is 0 Å². The average Bonchev–Trinajstić information content (AvgIpc) is 2.99. The van der Waals surface area contributed by atoms with Gasteiger partial charge in [0.25, 0.3) is 0 Å². The summed E-state index contributed by atoms with van der Waals surface area (Å²) in [4.78, 5) is 23.3. The molecule has 0 saturated heterocycles. The minimum Gasteiger partial charge on any atom is -0.507 e. The molecule has 0 radical (unpaired) electrons. The van der Waals surface area contributed by atoms with E-state index in [4.69, 9.17) is 18.9 Å². The van der Waals surface area contributed by atoms with Crippen LogP contribution in [0, 0.1) is 20.8 Å². The molecule has 0 aliphatic carbocycles. The number of benzene rings is 3. The van der Waals surface area contributed by atoms with Gasteiger partial charge >= 0.3 is 11.9 Å². The van der Waals surface area contributed by atoms with Crippen LogP contribution in [0.2, 0.25) is 0 Å². The van der Waals surface area contributed by atoms with Gasteiger partial charge in [0, 0.05) is 24.0 Å². The lowest BCUT2D eigenvalue weighted by Gasteiger charge is -2.18. The molecule has 0 aliphatic rings. The number of aliphatic hydroxyl groups is 2. The first kappa shape index (κ1) is 35.9. The second-order valence-electron chi connectivity index (χ2n) is 11.7. The van der Waals surface area contributed by atoms with Crippen LogP contribution in [-0.2, 0) is 31.9 Å². The van der Waals surface area contributed by atoms with Crippen LogP contribution in [0.4, 0.5) is 0 Å². The van der Waals surface area contributed by atoms with Gasteiger partial charge in [0.1, 0.15) is 55.9 Å². The molecule has 46 heavy (non-hydrogen) atoms. The molecule has 0 bridgehead atoms. The Hall–Kier alpha value is -4.60. The highest BCUT2D eigenvalue weighted by atomic mass is 16.6. The largest absolute Gasteiger partial charge is 0.507 e. The zero-order valence-corrected chi connectivity index (χ0v) is 27.2. The fourth-order valence-corrected chi connectivity index (χ4v) is 4.65. The van der Waals surface area contributed by atoms with E-state index in [-0.39, 0.29) is 43.3 Å². The Kier molecular flexibility index (Phi) is 13.0. The second kappa shape index (κ2) is 16.6. The van der Waals surface area contributed by atoms with Gasteiger partial charge in [-0.25, -0.2) is 9.59 Å². The number of phenolic OH excluding ortho intramolecular Hbond substituents is 1. The first-order valence-electron chi connectivity index (χ1n) is 15.0. The zero-order valence-electron chi connectivity index (χ0n) is 27.2. The van der Waals surface area contributed by atoms with Crippen molar-refractivity contribution in [3.05, 3.63) is 112 Å². The van der Waals surface area contributed by atoms with Crippen molar-refractivity contribution in [2.75, 3.05) is 26.4 Å². The third kappa shape index (κ3) is 10.8. The average molecular weight is 633 g/mol. The molecule has 0 fully saturated rings. The number of esters is 2. The predicted molar refractivity (Wildman–Crippen MR) is 175 cm³/mol. The van der Waals surface area contributed by atoms with Crippen LogP contribution in [0.15, 0.2) is 72.8 Å². The highest BCUT2D eigenvalue weighted by molar-refractivity contribution is 5.87. The quantitative estimate of drug-likeness (QED) is 0.144. The monoisotopic (exact) mass is 632 g/mol. The number of carbonyl (C=O) groups is 2. The van der Waals surface area contributed by atoms with Crippen LogP contribution in [0.3, 0.4) is 0 Å². The first-order valence-corrected chi connectivity index (χ1v) is 15.0. The van der Waals surface area contributed by atoms with Crippen molar-refractivity contribution >= 4 is 11.9 Å². The summed E-state index contributed by atoms with van der Waals surface area (Å²) in [6.07, 6.45) is -1.33. The van der Waals surface area contributed by atoms with E-state index < -0.39 is 24.1 Å². The molecule has 0 amide bonds. The molecule has 2 atom stereocenters. The van der Waals surface area contributed by atoms with E-state index in [0.717, 1.165) is 27.8 Å². The molecule has 9 nitrogen and oxygen atoms in total. The lowest BCUT2D eigenvalue weighted by Crippen LogP contribution is -2.25. The molecule has 2 unspecified atom stereocenters. The van der Waals surface area contributed by atoms with Crippen molar-refractivity contribution in [3.8, 4) is 17.2 Å². The maximum Gasteiger partial charge on any atom is 0.333 e. The maximum atomic E-state index is 11.6. The number of aryl methyl sites for hydroxylation is 3. The van der Waals surface area contributed by atoms with E-state index in [2.05, 4.69) is 13.2 Å². The second-order valence-corrected chi connectivity index (χ2v) is 11.7. The molecule has 3 rings (SSSR count). The summed E-state index contributed by atoms with van der Waals surface area (Å²) in [5.41, 5.74) is 6.49. The number of rotatable bonds is 16. The first-order chi connectivity index (χ1) is 21.7. The minimum absolute atomic E-state index is 0.0915. The molecule has 9 heteroatoms. The van der Waals surface area contributed by atoms with Crippen molar-refractivity contribution < 1.29 is 43.9 Å². The lowest BCUT2D eigenvalue weighted by molar-refractivity contribution is -0.143. The number of aliphatic hydroxyl groups excluding tert-OH is 2. The van der Waals surface area contributed by atoms with E-state index in [0.29, 0.717) is 35.5 Å². The normalized spacial score (nSPS) is 12.2. The zero-order chi connectivity index (χ0) is 34.0. The number of carbonyl (C=O) groups excluding carboxylic acids is 2. The van der Waals surface area contributed by atoms with Crippen molar-refractivity contribution in [3.63, 3.8) is 0 Å². The third-order valence-corrected chi connectivity index (χ3v) is 6.98. The van der Waals surface area contributed by atoms with Crippen molar-refractivity contribution in [2.24, 2.45) is 0 Å². The van der Waals surface area contributed by atoms with Gasteiger partial charge < -0.3 is 34.3 Å². The van der Waals surface area contributed by atoms with Crippen LogP contribution in [0.25, 0.3) is 0 Å². The molecule has 0 aromatic heterocycles. The Balaban J connectivity index is 1.77. The van der Waals surface area contributed by atoms with Gasteiger partial charge in [-0.1, -0.05) is 66.2 Å². The van der Waals surface area contributed by atoms with Gasteiger partial charge in [-0.2, -0.15) is 0 Å². The summed E-state index contributed by atoms with van der Waals surface area (Å²) >= 11 is 0. The standard InChI is InChI=1S/C37H44O9/c1-22(2)36(41)45-20-31(38)18-43-33-10-8-24(5)12-27(33)16-29-14-26(7)15-30(35(29)40)17-28-13-25(6)9-11-34(28)44-19-32(39)21-46-37(42)23(3)4/h8-15,31-32,38-40H,1,3,16-21H2,2,4-7H3. The molecule has 246 valence electrons.